The lowest BCUT2D eigenvalue weighted by Gasteiger charge is -2.29. The highest BCUT2D eigenvalue weighted by atomic mass is 16.2. The minimum absolute atomic E-state index is 0.0820. The first-order chi connectivity index (χ1) is 7.99. The highest BCUT2D eigenvalue weighted by molar-refractivity contribution is 5.81. The van der Waals surface area contributed by atoms with Crippen molar-refractivity contribution in [1.29, 1.82) is 0 Å². The van der Waals surface area contributed by atoms with E-state index in [2.05, 4.69) is 17.6 Å². The molecule has 0 heterocycles. The summed E-state index contributed by atoms with van der Waals surface area (Å²) in [5.41, 5.74) is 0.451. The molecule has 0 radical (unpaired) electrons. The summed E-state index contributed by atoms with van der Waals surface area (Å²) in [6, 6.07) is 0.139. The second kappa shape index (κ2) is 6.39. The molecule has 0 bridgehead atoms. The highest BCUT2D eigenvalue weighted by Gasteiger charge is 2.32. The van der Waals surface area contributed by atoms with Crippen molar-refractivity contribution in [3.05, 3.63) is 0 Å². The Hall–Kier alpha value is -0.570. The van der Waals surface area contributed by atoms with E-state index in [4.69, 9.17) is 0 Å². The van der Waals surface area contributed by atoms with Crippen LogP contribution in [0, 0.1) is 5.41 Å². The summed E-state index contributed by atoms with van der Waals surface area (Å²) in [7, 11) is 0. The molecule has 17 heavy (non-hydrogen) atoms. The Morgan fingerprint density at radius 3 is 2.29 bits per heavy atom. The number of hydrogen-bond donors (Lipinski definition) is 2. The molecule has 100 valence electrons. The summed E-state index contributed by atoms with van der Waals surface area (Å²) in [5, 5.41) is 6.36. The van der Waals surface area contributed by atoms with Crippen LogP contribution in [0.5, 0.6) is 0 Å². The molecule has 1 unspecified atom stereocenters. The standard InChI is InChI=1S/C14H28N2O/c1-5-14(8-6-7-9-14)10-15-12(4)13(17)16-11(2)3/h11-12,15H,5-10H2,1-4H3,(H,16,17). The molecule has 0 aliphatic heterocycles. The second-order valence-corrected chi connectivity index (χ2v) is 5.83. The van der Waals surface area contributed by atoms with Crippen molar-refractivity contribution in [2.24, 2.45) is 5.41 Å². The van der Waals surface area contributed by atoms with Gasteiger partial charge in [0, 0.05) is 12.6 Å². The Bertz CT molecular complexity index is 245. The van der Waals surface area contributed by atoms with Gasteiger partial charge < -0.3 is 10.6 Å². The third-order valence-corrected chi connectivity index (χ3v) is 4.02. The van der Waals surface area contributed by atoms with E-state index in [-0.39, 0.29) is 18.0 Å². The largest absolute Gasteiger partial charge is 0.353 e. The SMILES string of the molecule is CCC1(CNC(C)C(=O)NC(C)C)CCCC1. The van der Waals surface area contributed by atoms with Crippen LogP contribution in [0.1, 0.15) is 59.8 Å². The van der Waals surface area contributed by atoms with Crippen LogP contribution in [0.25, 0.3) is 0 Å². The first kappa shape index (κ1) is 14.5. The summed E-state index contributed by atoms with van der Waals surface area (Å²) >= 11 is 0. The van der Waals surface area contributed by atoms with Gasteiger partial charge in [-0.15, -0.1) is 0 Å². The quantitative estimate of drug-likeness (QED) is 0.749. The third-order valence-electron chi connectivity index (χ3n) is 4.02. The predicted molar refractivity (Wildman–Crippen MR) is 71.9 cm³/mol. The normalized spacial score (nSPS) is 20.5. The smallest absolute Gasteiger partial charge is 0.237 e. The van der Waals surface area contributed by atoms with E-state index in [1.54, 1.807) is 0 Å². The van der Waals surface area contributed by atoms with E-state index in [1.807, 2.05) is 20.8 Å². The van der Waals surface area contributed by atoms with Crippen LogP contribution >= 0.6 is 0 Å². The highest BCUT2D eigenvalue weighted by Crippen LogP contribution is 2.40. The van der Waals surface area contributed by atoms with Crippen LogP contribution in [0.3, 0.4) is 0 Å². The van der Waals surface area contributed by atoms with Gasteiger partial charge in [-0.3, -0.25) is 4.79 Å². The Morgan fingerprint density at radius 2 is 1.82 bits per heavy atom. The van der Waals surface area contributed by atoms with Gasteiger partial charge in [-0.25, -0.2) is 0 Å². The summed E-state index contributed by atoms with van der Waals surface area (Å²) in [6.45, 7) is 9.20. The zero-order chi connectivity index (χ0) is 12.9. The van der Waals surface area contributed by atoms with Crippen molar-refractivity contribution in [3.8, 4) is 0 Å². The fourth-order valence-electron chi connectivity index (χ4n) is 2.65. The first-order valence-corrected chi connectivity index (χ1v) is 7.03. The van der Waals surface area contributed by atoms with Crippen molar-refractivity contribution in [2.75, 3.05) is 6.54 Å². The van der Waals surface area contributed by atoms with Gasteiger partial charge in [0.2, 0.25) is 5.91 Å². The maximum absolute atomic E-state index is 11.8. The zero-order valence-electron chi connectivity index (χ0n) is 11.8. The van der Waals surface area contributed by atoms with E-state index in [9.17, 15) is 4.79 Å². The van der Waals surface area contributed by atoms with Crippen LogP contribution in [-0.4, -0.2) is 24.5 Å². The average molecular weight is 240 g/mol. The molecular weight excluding hydrogens is 212 g/mol. The Balaban J connectivity index is 2.36. The second-order valence-electron chi connectivity index (χ2n) is 5.83. The molecule has 1 atom stereocenters. The number of rotatable bonds is 6. The van der Waals surface area contributed by atoms with Crippen LogP contribution in [0.15, 0.2) is 0 Å². The molecule has 1 aliphatic rings. The lowest BCUT2D eigenvalue weighted by atomic mass is 9.83. The van der Waals surface area contributed by atoms with Crippen molar-refractivity contribution < 1.29 is 4.79 Å². The van der Waals surface area contributed by atoms with E-state index < -0.39 is 0 Å². The van der Waals surface area contributed by atoms with Crippen molar-refractivity contribution in [2.45, 2.75) is 71.9 Å². The summed E-state index contributed by atoms with van der Waals surface area (Å²) in [6.07, 6.45) is 6.55. The molecule has 0 saturated heterocycles. The Morgan fingerprint density at radius 1 is 1.24 bits per heavy atom. The van der Waals surface area contributed by atoms with Gasteiger partial charge >= 0.3 is 0 Å². The Labute approximate surface area is 106 Å². The van der Waals surface area contributed by atoms with Crippen molar-refractivity contribution >= 4 is 5.91 Å². The molecule has 3 nitrogen and oxygen atoms in total. The third kappa shape index (κ3) is 4.30. The van der Waals surface area contributed by atoms with Gasteiger partial charge in [0.25, 0.3) is 0 Å². The summed E-state index contributed by atoms with van der Waals surface area (Å²) in [4.78, 5) is 11.8. The van der Waals surface area contributed by atoms with Crippen molar-refractivity contribution in [3.63, 3.8) is 0 Å². The molecule has 1 rings (SSSR count). The number of amides is 1. The lowest BCUT2D eigenvalue weighted by molar-refractivity contribution is -0.123. The van der Waals surface area contributed by atoms with E-state index >= 15 is 0 Å². The molecule has 0 aromatic rings. The van der Waals surface area contributed by atoms with Gasteiger partial charge in [0.15, 0.2) is 0 Å². The number of nitrogens with one attached hydrogen (secondary N) is 2. The molecule has 2 N–H and O–H groups in total. The predicted octanol–water partition coefficient (Wildman–Crippen LogP) is 2.46. The van der Waals surface area contributed by atoms with Gasteiger partial charge in [-0.05, 0) is 45.4 Å². The fraction of sp³-hybridized carbons (Fsp3) is 0.929. The Kier molecular flexibility index (Phi) is 5.44. The molecule has 1 saturated carbocycles. The van der Waals surface area contributed by atoms with Crippen LogP contribution in [0.4, 0.5) is 0 Å². The molecule has 1 fully saturated rings. The zero-order valence-corrected chi connectivity index (χ0v) is 11.8. The molecule has 1 aliphatic carbocycles. The molecule has 0 aromatic carbocycles. The van der Waals surface area contributed by atoms with E-state index in [1.165, 1.54) is 32.1 Å². The van der Waals surface area contributed by atoms with Gasteiger partial charge in [-0.1, -0.05) is 19.8 Å². The van der Waals surface area contributed by atoms with Gasteiger partial charge in [-0.2, -0.15) is 0 Å². The molecule has 3 heteroatoms. The number of hydrogen-bond acceptors (Lipinski definition) is 2. The molecule has 0 aromatic heterocycles. The molecular formula is C14H28N2O. The van der Waals surface area contributed by atoms with Crippen LogP contribution in [-0.2, 0) is 4.79 Å². The minimum atomic E-state index is -0.0820. The topological polar surface area (TPSA) is 41.1 Å². The summed E-state index contributed by atoms with van der Waals surface area (Å²) in [5.74, 6) is 0.115. The first-order valence-electron chi connectivity index (χ1n) is 7.03. The van der Waals surface area contributed by atoms with E-state index in [0.29, 0.717) is 5.41 Å². The van der Waals surface area contributed by atoms with Gasteiger partial charge in [0.1, 0.15) is 0 Å². The number of carbonyl (C=O) groups excluding carboxylic acids is 1. The van der Waals surface area contributed by atoms with E-state index in [0.717, 1.165) is 6.54 Å². The maximum atomic E-state index is 11.8. The monoisotopic (exact) mass is 240 g/mol. The van der Waals surface area contributed by atoms with Crippen LogP contribution < -0.4 is 10.6 Å². The average Bonchev–Trinajstić information content (AvgIpc) is 2.74. The minimum Gasteiger partial charge on any atom is -0.353 e. The maximum Gasteiger partial charge on any atom is 0.237 e. The molecule has 1 amide bonds. The van der Waals surface area contributed by atoms with Crippen LogP contribution in [0.2, 0.25) is 0 Å². The molecule has 0 spiro atoms. The van der Waals surface area contributed by atoms with Gasteiger partial charge in [0.05, 0.1) is 6.04 Å². The summed E-state index contributed by atoms with van der Waals surface area (Å²) < 4.78 is 0. The number of carbonyl (C=O) groups is 1. The van der Waals surface area contributed by atoms with Crippen molar-refractivity contribution in [1.82, 2.24) is 10.6 Å². The lowest BCUT2D eigenvalue weighted by Crippen LogP contribution is -2.47. The fourth-order valence-corrected chi connectivity index (χ4v) is 2.65.